The number of halogens is 1. The molecule has 1 aromatic heterocycles. The number of ether oxygens (including phenoxy) is 1. The molecule has 2 aromatic rings. The van der Waals surface area contributed by atoms with Crippen molar-refractivity contribution in [3.63, 3.8) is 0 Å². The van der Waals surface area contributed by atoms with Crippen LogP contribution in [0.4, 0.5) is 0 Å². The Morgan fingerprint density at radius 3 is 2.81 bits per heavy atom. The number of para-hydroxylation sites is 1. The first kappa shape index (κ1) is 19.7. The molecule has 1 atom stereocenters. The average Bonchev–Trinajstić information content (AvgIpc) is 3.14. The summed E-state index contributed by atoms with van der Waals surface area (Å²) >= 11 is 0. The van der Waals surface area contributed by atoms with Crippen LogP contribution in [-0.2, 0) is 6.54 Å². The highest BCUT2D eigenvalue weighted by atomic mass is 35.5. The molecule has 2 N–H and O–H groups in total. The van der Waals surface area contributed by atoms with Crippen molar-refractivity contribution in [3.05, 3.63) is 47.8 Å². The monoisotopic (exact) mass is 390 g/mol. The third-order valence-electron chi connectivity index (χ3n) is 5.24. The highest BCUT2D eigenvalue weighted by Gasteiger charge is 2.21. The Morgan fingerprint density at radius 1 is 1.22 bits per heavy atom. The number of hydrogen-bond donors (Lipinski definition) is 2. The van der Waals surface area contributed by atoms with Crippen molar-refractivity contribution in [3.8, 4) is 5.75 Å². The van der Waals surface area contributed by atoms with E-state index in [1.807, 2.05) is 35.1 Å². The smallest absolute Gasteiger partial charge is 0.272 e. The van der Waals surface area contributed by atoms with Crippen LogP contribution < -0.4 is 15.4 Å². The first-order chi connectivity index (χ1) is 12.8. The first-order valence-corrected chi connectivity index (χ1v) is 9.58. The van der Waals surface area contributed by atoms with E-state index in [0.717, 1.165) is 50.1 Å². The molecule has 1 saturated heterocycles. The van der Waals surface area contributed by atoms with Crippen LogP contribution in [0.25, 0.3) is 0 Å². The summed E-state index contributed by atoms with van der Waals surface area (Å²) in [5.41, 5.74) is 1.47. The van der Waals surface area contributed by atoms with Gasteiger partial charge in [0, 0.05) is 24.8 Å². The molecule has 0 radical (unpaired) electrons. The van der Waals surface area contributed by atoms with E-state index in [-0.39, 0.29) is 18.3 Å². The summed E-state index contributed by atoms with van der Waals surface area (Å²) < 4.78 is 7.94. The van der Waals surface area contributed by atoms with E-state index in [2.05, 4.69) is 15.7 Å². The summed E-state index contributed by atoms with van der Waals surface area (Å²) in [5.74, 6) is 0.724. The number of piperidine rings is 1. The van der Waals surface area contributed by atoms with Gasteiger partial charge in [-0.05, 0) is 50.8 Å². The minimum atomic E-state index is -0.147. The third kappa shape index (κ3) is 4.82. The Bertz CT molecular complexity index is 754. The van der Waals surface area contributed by atoms with Gasteiger partial charge in [-0.15, -0.1) is 12.4 Å². The van der Waals surface area contributed by atoms with Gasteiger partial charge in [0.1, 0.15) is 11.4 Å². The van der Waals surface area contributed by atoms with Gasteiger partial charge in [-0.2, -0.15) is 5.10 Å². The molecule has 0 bridgehead atoms. The van der Waals surface area contributed by atoms with Crippen molar-refractivity contribution in [2.75, 3.05) is 13.1 Å². The fraction of sp³-hybridized carbons (Fsp3) is 0.500. The molecule has 2 aliphatic rings. The van der Waals surface area contributed by atoms with Gasteiger partial charge in [-0.3, -0.25) is 9.48 Å². The second kappa shape index (κ2) is 9.24. The number of amides is 1. The Kier molecular flexibility index (Phi) is 6.74. The summed E-state index contributed by atoms with van der Waals surface area (Å²) in [4.78, 5) is 12.5. The van der Waals surface area contributed by atoms with Gasteiger partial charge in [0.2, 0.25) is 0 Å². The van der Waals surface area contributed by atoms with E-state index in [4.69, 9.17) is 4.74 Å². The van der Waals surface area contributed by atoms with Crippen LogP contribution in [0.3, 0.4) is 0 Å². The maximum absolute atomic E-state index is 12.5. The zero-order valence-electron chi connectivity index (χ0n) is 15.4. The molecular formula is C20H27ClN4O2. The molecule has 146 valence electrons. The topological polar surface area (TPSA) is 68.2 Å². The predicted molar refractivity (Wildman–Crippen MR) is 106 cm³/mol. The van der Waals surface area contributed by atoms with Crippen molar-refractivity contribution >= 4 is 18.3 Å². The van der Waals surface area contributed by atoms with Gasteiger partial charge in [-0.25, -0.2) is 0 Å². The molecule has 4 rings (SSSR count). The van der Waals surface area contributed by atoms with Crippen molar-refractivity contribution in [1.29, 1.82) is 0 Å². The quantitative estimate of drug-likeness (QED) is 0.795. The normalized spacial score (nSPS) is 19.6. The van der Waals surface area contributed by atoms with Crippen LogP contribution in [-0.4, -0.2) is 34.9 Å². The van der Waals surface area contributed by atoms with Gasteiger partial charge in [-0.1, -0.05) is 18.2 Å². The number of aromatic nitrogens is 2. The molecule has 7 heteroatoms. The van der Waals surface area contributed by atoms with Crippen LogP contribution in [0.2, 0.25) is 0 Å². The van der Waals surface area contributed by atoms with E-state index in [0.29, 0.717) is 24.4 Å². The Labute approximate surface area is 166 Å². The summed E-state index contributed by atoms with van der Waals surface area (Å²) in [7, 11) is 0. The van der Waals surface area contributed by atoms with Crippen LogP contribution in [0, 0.1) is 0 Å². The minimum absolute atomic E-state index is 0. The molecule has 1 unspecified atom stereocenters. The Hall–Kier alpha value is -2.05. The second-order valence-corrected chi connectivity index (χ2v) is 7.14. The van der Waals surface area contributed by atoms with Gasteiger partial charge in [0.25, 0.3) is 5.91 Å². The number of rotatable bonds is 6. The van der Waals surface area contributed by atoms with Crippen LogP contribution in [0.1, 0.15) is 54.2 Å². The van der Waals surface area contributed by atoms with Gasteiger partial charge >= 0.3 is 0 Å². The third-order valence-corrected chi connectivity index (χ3v) is 5.24. The van der Waals surface area contributed by atoms with E-state index >= 15 is 0 Å². The zero-order valence-corrected chi connectivity index (χ0v) is 16.2. The van der Waals surface area contributed by atoms with Gasteiger partial charge in [0.05, 0.1) is 12.1 Å². The lowest BCUT2D eigenvalue weighted by Crippen LogP contribution is -2.32. The van der Waals surface area contributed by atoms with Crippen LogP contribution in [0.5, 0.6) is 5.75 Å². The molecule has 2 fully saturated rings. The fourth-order valence-corrected chi connectivity index (χ4v) is 3.42. The molecule has 27 heavy (non-hydrogen) atoms. The molecule has 6 nitrogen and oxygen atoms in total. The summed E-state index contributed by atoms with van der Waals surface area (Å²) in [6.45, 7) is 2.42. The number of carbonyl (C=O) groups excluding carboxylic acids is 1. The van der Waals surface area contributed by atoms with E-state index < -0.39 is 0 Å². The second-order valence-electron chi connectivity index (χ2n) is 7.14. The standard InChI is InChI=1S/C20H26N4O2.ClH/c25-20(18-10-12-24(23-18)16-6-4-11-21-14-16)22-13-15-5-1-2-9-19(15)26-17-7-3-8-17;/h1-2,5,9-10,12,16-17,21H,3-4,6-8,11,13-14H2,(H,22,25);1H. The molecule has 2 heterocycles. The van der Waals surface area contributed by atoms with Gasteiger partial charge in [0.15, 0.2) is 0 Å². The number of benzene rings is 1. The van der Waals surface area contributed by atoms with E-state index in [1.54, 1.807) is 6.07 Å². The van der Waals surface area contributed by atoms with Crippen LogP contribution in [0.15, 0.2) is 36.5 Å². The van der Waals surface area contributed by atoms with Crippen molar-refractivity contribution < 1.29 is 9.53 Å². The largest absolute Gasteiger partial charge is 0.490 e. The SMILES string of the molecule is Cl.O=C(NCc1ccccc1OC1CCC1)c1ccn(C2CCCNC2)n1. The maximum Gasteiger partial charge on any atom is 0.272 e. The molecule has 1 saturated carbocycles. The zero-order chi connectivity index (χ0) is 17.8. The lowest BCUT2D eigenvalue weighted by atomic mass is 9.96. The van der Waals surface area contributed by atoms with Gasteiger partial charge < -0.3 is 15.4 Å². The van der Waals surface area contributed by atoms with Crippen molar-refractivity contribution in [1.82, 2.24) is 20.4 Å². The number of nitrogens with zero attached hydrogens (tertiary/aromatic N) is 2. The number of hydrogen-bond acceptors (Lipinski definition) is 4. The molecular weight excluding hydrogens is 364 g/mol. The summed E-state index contributed by atoms with van der Waals surface area (Å²) in [6, 6.07) is 10.0. The minimum Gasteiger partial charge on any atom is -0.490 e. The summed E-state index contributed by atoms with van der Waals surface area (Å²) in [5, 5.41) is 10.8. The molecule has 0 spiro atoms. The molecule has 1 aromatic carbocycles. The van der Waals surface area contributed by atoms with Crippen molar-refractivity contribution in [2.45, 2.75) is 50.8 Å². The molecule has 1 aliphatic carbocycles. The number of carbonyl (C=O) groups is 1. The molecule has 1 amide bonds. The average molecular weight is 391 g/mol. The Balaban J connectivity index is 0.00000210. The fourth-order valence-electron chi connectivity index (χ4n) is 3.42. The lowest BCUT2D eigenvalue weighted by Gasteiger charge is -2.27. The highest BCUT2D eigenvalue weighted by Crippen LogP contribution is 2.27. The molecule has 1 aliphatic heterocycles. The maximum atomic E-state index is 12.5. The highest BCUT2D eigenvalue weighted by molar-refractivity contribution is 5.92. The van der Waals surface area contributed by atoms with Crippen LogP contribution >= 0.6 is 12.4 Å². The summed E-state index contributed by atoms with van der Waals surface area (Å²) in [6.07, 6.45) is 7.95. The van der Waals surface area contributed by atoms with E-state index in [1.165, 1.54) is 6.42 Å². The van der Waals surface area contributed by atoms with Crippen molar-refractivity contribution in [2.24, 2.45) is 0 Å². The van der Waals surface area contributed by atoms with E-state index in [9.17, 15) is 4.79 Å². The Morgan fingerprint density at radius 2 is 2.07 bits per heavy atom. The predicted octanol–water partition coefficient (Wildman–Crippen LogP) is 3.09. The lowest BCUT2D eigenvalue weighted by molar-refractivity contribution is 0.0942. The first-order valence-electron chi connectivity index (χ1n) is 9.58. The number of nitrogens with one attached hydrogen (secondary N) is 2.